The SMILES string of the molecule is CCc1ccc(OC)cc1S(=O)(=O)Nc1cc(Cl)c(Cl)cc1NS(=O)(=O)c1cccs1. The minimum Gasteiger partial charge on any atom is -0.497 e. The van der Waals surface area contributed by atoms with E-state index in [4.69, 9.17) is 27.9 Å². The number of sulfonamides is 2. The zero-order valence-corrected chi connectivity index (χ0v) is 20.3. The molecule has 2 N–H and O–H groups in total. The van der Waals surface area contributed by atoms with Gasteiger partial charge in [-0.1, -0.05) is 42.3 Å². The molecule has 0 spiro atoms. The Morgan fingerprint density at radius 2 is 1.55 bits per heavy atom. The summed E-state index contributed by atoms with van der Waals surface area (Å²) in [5.41, 5.74) is 0.431. The topological polar surface area (TPSA) is 102 Å². The first-order chi connectivity index (χ1) is 14.6. The maximum Gasteiger partial charge on any atom is 0.271 e. The number of ether oxygens (including phenoxy) is 1. The minimum atomic E-state index is -4.11. The lowest BCUT2D eigenvalue weighted by Crippen LogP contribution is -2.18. The van der Waals surface area contributed by atoms with Gasteiger partial charge < -0.3 is 4.74 Å². The average Bonchev–Trinajstić information content (AvgIpc) is 3.27. The summed E-state index contributed by atoms with van der Waals surface area (Å²) in [4.78, 5) is 0.00693. The minimum absolute atomic E-state index is 0.00693. The molecule has 1 heterocycles. The molecule has 7 nitrogen and oxygen atoms in total. The lowest BCUT2D eigenvalue weighted by atomic mass is 10.2. The van der Waals surface area contributed by atoms with Crippen molar-refractivity contribution in [2.45, 2.75) is 22.4 Å². The predicted molar refractivity (Wildman–Crippen MR) is 125 cm³/mol. The fourth-order valence-electron chi connectivity index (χ4n) is 2.73. The highest BCUT2D eigenvalue weighted by Crippen LogP contribution is 2.36. The maximum absolute atomic E-state index is 13.2. The number of hydrogen-bond donors (Lipinski definition) is 2. The van der Waals surface area contributed by atoms with Gasteiger partial charge in [0.2, 0.25) is 0 Å². The van der Waals surface area contributed by atoms with Gasteiger partial charge in [-0.15, -0.1) is 11.3 Å². The third-order valence-corrected chi connectivity index (χ3v) is 9.19. The van der Waals surface area contributed by atoms with E-state index in [0.717, 1.165) is 11.3 Å². The van der Waals surface area contributed by atoms with E-state index in [0.29, 0.717) is 17.7 Å². The highest BCUT2D eigenvalue weighted by molar-refractivity contribution is 7.94. The Morgan fingerprint density at radius 1 is 0.935 bits per heavy atom. The molecule has 0 unspecified atom stereocenters. The predicted octanol–water partition coefficient (Wildman–Crippen LogP) is 5.23. The van der Waals surface area contributed by atoms with Gasteiger partial charge in [0.05, 0.1) is 33.4 Å². The molecule has 1 aromatic heterocycles. The molecule has 12 heteroatoms. The molecule has 0 bridgehead atoms. The van der Waals surface area contributed by atoms with Gasteiger partial charge in [-0.3, -0.25) is 9.44 Å². The molecule has 3 rings (SSSR count). The van der Waals surface area contributed by atoms with Crippen LogP contribution in [-0.2, 0) is 26.5 Å². The van der Waals surface area contributed by atoms with Gasteiger partial charge in [-0.05, 0) is 41.6 Å². The Kier molecular flexibility index (Phi) is 7.07. The van der Waals surface area contributed by atoms with E-state index in [1.165, 1.54) is 31.4 Å². The van der Waals surface area contributed by atoms with Crippen LogP contribution < -0.4 is 14.2 Å². The molecule has 3 aromatic rings. The molecule has 166 valence electrons. The van der Waals surface area contributed by atoms with Gasteiger partial charge in [-0.25, -0.2) is 16.8 Å². The van der Waals surface area contributed by atoms with Crippen LogP contribution in [0.2, 0.25) is 10.0 Å². The lowest BCUT2D eigenvalue weighted by molar-refractivity contribution is 0.413. The fourth-order valence-corrected chi connectivity index (χ4v) is 6.52. The van der Waals surface area contributed by atoms with Gasteiger partial charge in [0, 0.05) is 6.07 Å². The van der Waals surface area contributed by atoms with Crippen molar-refractivity contribution in [3.8, 4) is 5.75 Å². The zero-order chi connectivity index (χ0) is 22.8. The number of benzene rings is 2. The van der Waals surface area contributed by atoms with E-state index in [2.05, 4.69) is 9.44 Å². The number of nitrogens with one attached hydrogen (secondary N) is 2. The molecule has 0 aliphatic heterocycles. The first-order valence-electron chi connectivity index (χ1n) is 8.82. The first kappa shape index (κ1) is 23.7. The van der Waals surface area contributed by atoms with Crippen LogP contribution in [0.4, 0.5) is 11.4 Å². The van der Waals surface area contributed by atoms with Crippen LogP contribution in [0.25, 0.3) is 0 Å². The van der Waals surface area contributed by atoms with E-state index in [1.807, 2.05) is 6.92 Å². The summed E-state index contributed by atoms with van der Waals surface area (Å²) in [6, 6.07) is 10.2. The molecule has 2 aromatic carbocycles. The molecule has 0 saturated carbocycles. The summed E-state index contributed by atoms with van der Waals surface area (Å²) in [7, 11) is -6.64. The first-order valence-corrected chi connectivity index (χ1v) is 13.4. The van der Waals surface area contributed by atoms with Crippen LogP contribution in [0.5, 0.6) is 5.75 Å². The zero-order valence-electron chi connectivity index (χ0n) is 16.3. The average molecular weight is 521 g/mol. The second-order valence-electron chi connectivity index (χ2n) is 6.28. The van der Waals surface area contributed by atoms with Crippen molar-refractivity contribution in [3.63, 3.8) is 0 Å². The molecule has 0 saturated heterocycles. The second-order valence-corrected chi connectivity index (χ2v) is 11.6. The third-order valence-electron chi connectivity index (χ3n) is 4.25. The Morgan fingerprint density at radius 3 is 2.06 bits per heavy atom. The number of hydrogen-bond acceptors (Lipinski definition) is 6. The van der Waals surface area contributed by atoms with Crippen LogP contribution in [0.15, 0.2) is 56.9 Å². The Bertz CT molecular complexity index is 1310. The van der Waals surface area contributed by atoms with Crippen LogP contribution in [0.3, 0.4) is 0 Å². The quantitative estimate of drug-likeness (QED) is 0.423. The van der Waals surface area contributed by atoms with E-state index < -0.39 is 20.0 Å². The summed E-state index contributed by atoms with van der Waals surface area (Å²) >= 11 is 13.2. The molecule has 0 aliphatic rings. The summed E-state index contributed by atoms with van der Waals surface area (Å²) in [5, 5.41) is 1.73. The summed E-state index contributed by atoms with van der Waals surface area (Å²) in [6.45, 7) is 1.82. The Balaban J connectivity index is 2.06. The molecular weight excluding hydrogens is 503 g/mol. The fraction of sp³-hybridized carbons (Fsp3) is 0.158. The molecule has 0 aliphatic carbocycles. The van der Waals surface area contributed by atoms with Gasteiger partial charge in [-0.2, -0.15) is 0 Å². The number of halogens is 2. The number of methoxy groups -OCH3 is 1. The van der Waals surface area contributed by atoms with Crippen LogP contribution >= 0.6 is 34.5 Å². The van der Waals surface area contributed by atoms with Gasteiger partial charge in [0.15, 0.2) is 0 Å². The van der Waals surface area contributed by atoms with Crippen molar-refractivity contribution in [2.75, 3.05) is 16.6 Å². The van der Waals surface area contributed by atoms with Gasteiger partial charge >= 0.3 is 0 Å². The summed E-state index contributed by atoms with van der Waals surface area (Å²) < 4.78 is 61.7. The Hall–Kier alpha value is -1.98. The van der Waals surface area contributed by atoms with Crippen molar-refractivity contribution in [1.29, 1.82) is 0 Å². The highest BCUT2D eigenvalue weighted by Gasteiger charge is 2.24. The van der Waals surface area contributed by atoms with Crippen molar-refractivity contribution < 1.29 is 21.6 Å². The van der Waals surface area contributed by atoms with E-state index in [1.54, 1.807) is 23.6 Å². The van der Waals surface area contributed by atoms with Crippen molar-refractivity contribution in [2.24, 2.45) is 0 Å². The normalized spacial score (nSPS) is 11.9. The highest BCUT2D eigenvalue weighted by atomic mass is 35.5. The van der Waals surface area contributed by atoms with Crippen LogP contribution in [-0.4, -0.2) is 23.9 Å². The summed E-state index contributed by atoms with van der Waals surface area (Å²) in [5.74, 6) is 0.366. The largest absolute Gasteiger partial charge is 0.497 e. The molecule has 0 radical (unpaired) electrons. The Labute approximate surface area is 195 Å². The monoisotopic (exact) mass is 520 g/mol. The molecule has 31 heavy (non-hydrogen) atoms. The van der Waals surface area contributed by atoms with E-state index in [-0.39, 0.29) is 30.5 Å². The van der Waals surface area contributed by atoms with Crippen molar-refractivity contribution in [3.05, 3.63) is 63.5 Å². The molecular formula is C19H18Cl2N2O5S3. The smallest absolute Gasteiger partial charge is 0.271 e. The lowest BCUT2D eigenvalue weighted by Gasteiger charge is -2.17. The number of anilines is 2. The maximum atomic E-state index is 13.2. The molecule has 0 amide bonds. The second kappa shape index (κ2) is 9.25. The van der Waals surface area contributed by atoms with E-state index >= 15 is 0 Å². The van der Waals surface area contributed by atoms with Gasteiger partial charge in [0.1, 0.15) is 9.96 Å². The number of rotatable bonds is 8. The van der Waals surface area contributed by atoms with Crippen molar-refractivity contribution in [1.82, 2.24) is 0 Å². The van der Waals surface area contributed by atoms with Crippen molar-refractivity contribution >= 4 is 66.0 Å². The standard InChI is InChI=1S/C19H18Cl2N2O5S3/c1-3-12-6-7-13(28-2)9-18(12)30(24,25)22-16-10-14(20)15(21)11-17(16)23-31(26,27)19-5-4-8-29-19/h4-11,22-23H,3H2,1-2H3. The molecule has 0 atom stereocenters. The van der Waals surface area contributed by atoms with Crippen LogP contribution in [0, 0.1) is 0 Å². The van der Waals surface area contributed by atoms with E-state index in [9.17, 15) is 16.8 Å². The number of thiophene rings is 1. The number of aryl methyl sites for hydroxylation is 1. The van der Waals surface area contributed by atoms with Crippen LogP contribution in [0.1, 0.15) is 12.5 Å². The molecule has 0 fully saturated rings. The summed E-state index contributed by atoms with van der Waals surface area (Å²) in [6.07, 6.45) is 0.458. The third kappa shape index (κ3) is 5.27. The van der Waals surface area contributed by atoms with Gasteiger partial charge in [0.25, 0.3) is 20.0 Å².